The van der Waals surface area contributed by atoms with E-state index in [1.165, 1.54) is 13.2 Å². The lowest BCUT2D eigenvalue weighted by Crippen LogP contribution is -2.31. The SMILES string of the molecule is COCC(=O)NC(C)c1nc2ccccc2n1Cc1c(F)cccc1Cl. The Balaban J connectivity index is 2.04. The van der Waals surface area contributed by atoms with Crippen molar-refractivity contribution in [1.82, 2.24) is 14.9 Å². The lowest BCUT2D eigenvalue weighted by molar-refractivity contribution is -0.125. The van der Waals surface area contributed by atoms with Crippen molar-refractivity contribution in [3.8, 4) is 0 Å². The zero-order valence-electron chi connectivity index (χ0n) is 14.5. The van der Waals surface area contributed by atoms with Crippen LogP contribution in [0.3, 0.4) is 0 Å². The number of methoxy groups -OCH3 is 1. The predicted molar refractivity (Wildman–Crippen MR) is 98.7 cm³/mol. The van der Waals surface area contributed by atoms with Crippen molar-refractivity contribution in [1.29, 1.82) is 0 Å². The van der Waals surface area contributed by atoms with Crippen LogP contribution in [-0.4, -0.2) is 29.2 Å². The summed E-state index contributed by atoms with van der Waals surface area (Å²) in [4.78, 5) is 16.5. The largest absolute Gasteiger partial charge is 0.375 e. The van der Waals surface area contributed by atoms with Crippen molar-refractivity contribution in [3.05, 3.63) is 64.7 Å². The number of fused-ring (bicyclic) bond motifs is 1. The Bertz CT molecular complexity index is 921. The number of nitrogens with one attached hydrogen (secondary N) is 1. The predicted octanol–water partition coefficient (Wildman–Crippen LogP) is 3.70. The fourth-order valence-electron chi connectivity index (χ4n) is 2.91. The number of amides is 1. The molecule has 1 heterocycles. The van der Waals surface area contributed by atoms with Gasteiger partial charge in [0.1, 0.15) is 18.2 Å². The van der Waals surface area contributed by atoms with Gasteiger partial charge in [0.25, 0.3) is 0 Å². The molecule has 0 aliphatic heterocycles. The summed E-state index contributed by atoms with van der Waals surface area (Å²) in [6.07, 6.45) is 0. The number of para-hydroxylation sites is 2. The van der Waals surface area contributed by atoms with Gasteiger partial charge in [0.05, 0.1) is 23.6 Å². The van der Waals surface area contributed by atoms with Crippen molar-refractivity contribution in [2.75, 3.05) is 13.7 Å². The molecule has 1 unspecified atom stereocenters. The van der Waals surface area contributed by atoms with E-state index in [9.17, 15) is 9.18 Å². The number of halogens is 2. The summed E-state index contributed by atoms with van der Waals surface area (Å²) >= 11 is 6.20. The van der Waals surface area contributed by atoms with Gasteiger partial charge in [-0.1, -0.05) is 29.8 Å². The first-order chi connectivity index (χ1) is 12.5. The molecule has 0 aliphatic rings. The van der Waals surface area contributed by atoms with E-state index < -0.39 is 0 Å². The highest BCUT2D eigenvalue weighted by atomic mass is 35.5. The summed E-state index contributed by atoms with van der Waals surface area (Å²) in [6.45, 7) is 2.00. The molecule has 0 radical (unpaired) electrons. The standard InChI is InChI=1S/C19H19ClFN3O2/c1-12(22-18(25)11-26-2)19-23-16-8-3-4-9-17(16)24(19)10-13-14(20)6-5-7-15(13)21/h3-9,12H,10-11H2,1-2H3,(H,22,25). The molecule has 3 aromatic rings. The second-order valence-electron chi connectivity index (χ2n) is 5.97. The Labute approximate surface area is 155 Å². The van der Waals surface area contributed by atoms with Gasteiger partial charge in [-0.25, -0.2) is 9.37 Å². The van der Waals surface area contributed by atoms with Crippen molar-refractivity contribution >= 4 is 28.5 Å². The zero-order chi connectivity index (χ0) is 18.7. The molecule has 3 rings (SSSR count). The van der Waals surface area contributed by atoms with Gasteiger partial charge in [0.2, 0.25) is 5.91 Å². The molecule has 0 spiro atoms. The molecule has 26 heavy (non-hydrogen) atoms. The molecule has 0 saturated heterocycles. The minimum atomic E-state index is -0.379. The van der Waals surface area contributed by atoms with Crippen LogP contribution < -0.4 is 5.32 Å². The van der Waals surface area contributed by atoms with Crippen molar-refractivity contribution < 1.29 is 13.9 Å². The molecule has 136 valence electrons. The summed E-state index contributed by atoms with van der Waals surface area (Å²) in [5.41, 5.74) is 1.99. The van der Waals surface area contributed by atoms with Gasteiger partial charge < -0.3 is 14.6 Å². The van der Waals surface area contributed by atoms with Crippen LogP contribution in [0, 0.1) is 5.82 Å². The maximum absolute atomic E-state index is 14.3. The van der Waals surface area contributed by atoms with Gasteiger partial charge >= 0.3 is 0 Å². The third-order valence-electron chi connectivity index (χ3n) is 4.10. The van der Waals surface area contributed by atoms with Gasteiger partial charge in [-0.15, -0.1) is 0 Å². The van der Waals surface area contributed by atoms with Crippen molar-refractivity contribution in [3.63, 3.8) is 0 Å². The second kappa shape index (κ2) is 7.85. The van der Waals surface area contributed by atoms with E-state index >= 15 is 0 Å². The molecule has 2 aromatic carbocycles. The van der Waals surface area contributed by atoms with Gasteiger partial charge in [-0.3, -0.25) is 4.79 Å². The highest BCUT2D eigenvalue weighted by molar-refractivity contribution is 6.31. The topological polar surface area (TPSA) is 56.1 Å². The average Bonchev–Trinajstić information content (AvgIpc) is 2.97. The van der Waals surface area contributed by atoms with Crippen LogP contribution in [0.25, 0.3) is 11.0 Å². The minimum Gasteiger partial charge on any atom is -0.375 e. The molecular formula is C19H19ClFN3O2. The number of hydrogen-bond donors (Lipinski definition) is 1. The molecule has 1 aromatic heterocycles. The number of imidazole rings is 1. The second-order valence-corrected chi connectivity index (χ2v) is 6.37. The number of carbonyl (C=O) groups is 1. The Hall–Kier alpha value is -2.44. The van der Waals surface area contributed by atoms with Crippen molar-refractivity contribution in [2.45, 2.75) is 19.5 Å². The highest BCUT2D eigenvalue weighted by Crippen LogP contribution is 2.26. The molecule has 1 amide bonds. The van der Waals surface area contributed by atoms with Crippen LogP contribution in [0.15, 0.2) is 42.5 Å². The Morgan fingerprint density at radius 2 is 2.08 bits per heavy atom. The highest BCUT2D eigenvalue weighted by Gasteiger charge is 2.20. The third kappa shape index (κ3) is 3.71. The summed E-state index contributed by atoms with van der Waals surface area (Å²) in [7, 11) is 1.46. The first-order valence-corrected chi connectivity index (χ1v) is 8.55. The van der Waals surface area contributed by atoms with Crippen LogP contribution in [-0.2, 0) is 16.1 Å². The molecule has 0 aliphatic carbocycles. The zero-order valence-corrected chi connectivity index (χ0v) is 15.3. The van der Waals surface area contributed by atoms with E-state index in [1.807, 2.05) is 35.8 Å². The summed E-state index contributed by atoms with van der Waals surface area (Å²) in [5.74, 6) is -0.00481. The van der Waals surface area contributed by atoms with Crippen LogP contribution in [0.1, 0.15) is 24.4 Å². The lowest BCUT2D eigenvalue weighted by Gasteiger charge is -2.17. The maximum Gasteiger partial charge on any atom is 0.246 e. The number of nitrogens with zero attached hydrogens (tertiary/aromatic N) is 2. The summed E-state index contributed by atoms with van der Waals surface area (Å²) < 4.78 is 21.0. The lowest BCUT2D eigenvalue weighted by atomic mass is 10.2. The van der Waals surface area contributed by atoms with Crippen LogP contribution in [0.4, 0.5) is 4.39 Å². The summed E-state index contributed by atoms with van der Waals surface area (Å²) in [6, 6.07) is 11.8. The number of rotatable bonds is 6. The fourth-order valence-corrected chi connectivity index (χ4v) is 3.13. The number of benzene rings is 2. The van der Waals surface area contributed by atoms with Gasteiger partial charge in [0.15, 0.2) is 0 Å². The quantitative estimate of drug-likeness (QED) is 0.714. The fraction of sp³-hybridized carbons (Fsp3) is 0.263. The Morgan fingerprint density at radius 1 is 1.31 bits per heavy atom. The molecule has 0 saturated carbocycles. The van der Waals surface area contributed by atoms with Crippen LogP contribution in [0.2, 0.25) is 5.02 Å². The minimum absolute atomic E-state index is 0.0380. The van der Waals surface area contributed by atoms with E-state index in [0.717, 1.165) is 11.0 Å². The van der Waals surface area contributed by atoms with E-state index in [2.05, 4.69) is 10.3 Å². The van der Waals surface area contributed by atoms with Gasteiger partial charge in [0, 0.05) is 17.7 Å². The first-order valence-electron chi connectivity index (χ1n) is 8.17. The monoisotopic (exact) mass is 375 g/mol. The number of aromatic nitrogens is 2. The van der Waals surface area contributed by atoms with E-state index in [1.54, 1.807) is 12.1 Å². The summed E-state index contributed by atoms with van der Waals surface area (Å²) in [5, 5.41) is 3.19. The first kappa shape index (κ1) is 18.4. The van der Waals surface area contributed by atoms with E-state index in [-0.39, 0.29) is 30.9 Å². The number of ether oxygens (including phenoxy) is 1. The normalized spacial score (nSPS) is 12.3. The maximum atomic E-state index is 14.3. The Morgan fingerprint density at radius 3 is 2.81 bits per heavy atom. The van der Waals surface area contributed by atoms with E-state index in [4.69, 9.17) is 16.3 Å². The van der Waals surface area contributed by atoms with E-state index in [0.29, 0.717) is 16.4 Å². The van der Waals surface area contributed by atoms with Crippen molar-refractivity contribution in [2.24, 2.45) is 0 Å². The molecule has 7 heteroatoms. The smallest absolute Gasteiger partial charge is 0.246 e. The molecular weight excluding hydrogens is 357 g/mol. The van der Waals surface area contributed by atoms with Gasteiger partial charge in [-0.2, -0.15) is 0 Å². The molecule has 1 atom stereocenters. The third-order valence-corrected chi connectivity index (χ3v) is 4.46. The molecule has 5 nitrogen and oxygen atoms in total. The molecule has 0 bridgehead atoms. The Kier molecular flexibility index (Phi) is 5.54. The molecule has 1 N–H and O–H groups in total. The number of carbonyl (C=O) groups excluding carboxylic acids is 1. The number of hydrogen-bond acceptors (Lipinski definition) is 3. The van der Waals surface area contributed by atoms with Crippen LogP contribution >= 0.6 is 11.6 Å². The van der Waals surface area contributed by atoms with Crippen LogP contribution in [0.5, 0.6) is 0 Å². The average molecular weight is 376 g/mol. The molecule has 0 fully saturated rings. The van der Waals surface area contributed by atoms with Gasteiger partial charge in [-0.05, 0) is 31.2 Å².